The highest BCUT2D eigenvalue weighted by Crippen LogP contribution is 2.44. The van der Waals surface area contributed by atoms with Crippen LogP contribution in [-0.2, 0) is 9.53 Å². The monoisotopic (exact) mass is 471 g/mol. The molecule has 5 rings (SSSR count). The van der Waals surface area contributed by atoms with Crippen LogP contribution >= 0.6 is 0 Å². The Morgan fingerprint density at radius 2 is 1.69 bits per heavy atom. The number of rotatable bonds is 5. The van der Waals surface area contributed by atoms with Crippen LogP contribution in [-0.4, -0.2) is 52.7 Å². The minimum Gasteiger partial charge on any atom is -0.481 e. The number of benzene rings is 2. The van der Waals surface area contributed by atoms with Gasteiger partial charge >= 0.3 is 12.1 Å². The molecule has 2 amide bonds. The molecule has 0 bridgehead atoms. The number of hydrogen-bond acceptors (Lipinski definition) is 5. The topological polar surface area (TPSA) is 109 Å². The van der Waals surface area contributed by atoms with Gasteiger partial charge in [0.05, 0.1) is 5.41 Å². The van der Waals surface area contributed by atoms with Crippen molar-refractivity contribution in [2.75, 3.05) is 25.0 Å². The maximum absolute atomic E-state index is 12.9. The number of amides is 2. The number of aromatic nitrogens is 1. The number of aliphatic carboxylic acids is 1. The van der Waals surface area contributed by atoms with Crippen molar-refractivity contribution in [2.45, 2.75) is 19.3 Å². The lowest BCUT2D eigenvalue weighted by molar-refractivity contribution is -0.147. The van der Waals surface area contributed by atoms with Crippen LogP contribution in [0.1, 0.15) is 40.9 Å². The summed E-state index contributed by atoms with van der Waals surface area (Å²) < 4.78 is 5.55. The molecule has 0 spiro atoms. The van der Waals surface area contributed by atoms with E-state index in [1.807, 2.05) is 36.4 Å². The van der Waals surface area contributed by atoms with Gasteiger partial charge in [-0.15, -0.1) is 0 Å². The molecule has 8 nitrogen and oxygen atoms in total. The first kappa shape index (κ1) is 22.6. The lowest BCUT2D eigenvalue weighted by Gasteiger charge is -2.20. The van der Waals surface area contributed by atoms with Crippen LogP contribution < -0.4 is 5.32 Å². The number of ether oxygens (including phenoxy) is 1. The number of nitrogens with one attached hydrogen (secondary N) is 1. The molecule has 35 heavy (non-hydrogen) atoms. The van der Waals surface area contributed by atoms with Gasteiger partial charge in [-0.2, -0.15) is 0 Å². The molecule has 2 heterocycles. The number of likely N-dealkylation sites (tertiary alicyclic amines) is 1. The van der Waals surface area contributed by atoms with E-state index in [0.717, 1.165) is 22.3 Å². The molecule has 2 aromatic carbocycles. The normalized spacial score (nSPS) is 18.6. The van der Waals surface area contributed by atoms with Crippen molar-refractivity contribution in [1.82, 2.24) is 9.88 Å². The predicted molar refractivity (Wildman–Crippen MR) is 129 cm³/mol. The summed E-state index contributed by atoms with van der Waals surface area (Å²) in [4.78, 5) is 42.6. The van der Waals surface area contributed by atoms with Crippen molar-refractivity contribution in [2.24, 2.45) is 5.41 Å². The van der Waals surface area contributed by atoms with Crippen molar-refractivity contribution in [3.8, 4) is 11.1 Å². The zero-order valence-electron chi connectivity index (χ0n) is 19.2. The van der Waals surface area contributed by atoms with Gasteiger partial charge in [0, 0.05) is 19.0 Å². The van der Waals surface area contributed by atoms with E-state index < -0.39 is 17.5 Å². The van der Waals surface area contributed by atoms with Gasteiger partial charge in [0.1, 0.15) is 18.1 Å². The second-order valence-electron chi connectivity index (χ2n) is 9.20. The quantitative estimate of drug-likeness (QED) is 0.572. The minimum absolute atomic E-state index is 0.0623. The largest absolute Gasteiger partial charge is 0.481 e. The summed E-state index contributed by atoms with van der Waals surface area (Å²) >= 11 is 0. The van der Waals surface area contributed by atoms with Crippen molar-refractivity contribution >= 4 is 23.8 Å². The summed E-state index contributed by atoms with van der Waals surface area (Å²) in [6.45, 7) is 2.26. The zero-order chi connectivity index (χ0) is 24.6. The first-order valence-electron chi connectivity index (χ1n) is 11.5. The summed E-state index contributed by atoms with van der Waals surface area (Å²) in [5.74, 6) is -1.17. The van der Waals surface area contributed by atoms with E-state index >= 15 is 0 Å². The second-order valence-corrected chi connectivity index (χ2v) is 9.20. The van der Waals surface area contributed by atoms with E-state index in [-0.39, 0.29) is 36.5 Å². The fourth-order valence-corrected chi connectivity index (χ4v) is 4.83. The summed E-state index contributed by atoms with van der Waals surface area (Å²) in [5.41, 5.74) is 3.69. The van der Waals surface area contributed by atoms with Crippen LogP contribution in [0.15, 0.2) is 66.7 Å². The van der Waals surface area contributed by atoms with Crippen LogP contribution in [0.2, 0.25) is 0 Å². The minimum atomic E-state index is -0.965. The number of carbonyl (C=O) groups excluding carboxylic acids is 2. The van der Waals surface area contributed by atoms with Crippen molar-refractivity contribution in [3.05, 3.63) is 83.6 Å². The number of carbonyl (C=O) groups is 3. The smallest absolute Gasteiger partial charge is 0.412 e. The van der Waals surface area contributed by atoms with Gasteiger partial charge in [-0.3, -0.25) is 14.9 Å². The Kier molecular flexibility index (Phi) is 5.72. The Morgan fingerprint density at radius 1 is 1.03 bits per heavy atom. The van der Waals surface area contributed by atoms with Gasteiger partial charge in [-0.1, -0.05) is 54.6 Å². The molecule has 8 heteroatoms. The molecule has 1 fully saturated rings. The van der Waals surface area contributed by atoms with Gasteiger partial charge < -0.3 is 14.7 Å². The third kappa shape index (κ3) is 4.23. The predicted octanol–water partition coefficient (Wildman–Crippen LogP) is 4.38. The van der Waals surface area contributed by atoms with Crippen LogP contribution in [0, 0.1) is 5.41 Å². The number of anilines is 1. The van der Waals surface area contributed by atoms with Crippen LogP contribution in [0.5, 0.6) is 0 Å². The molecule has 2 aliphatic rings. The van der Waals surface area contributed by atoms with Crippen molar-refractivity contribution < 1.29 is 24.2 Å². The first-order chi connectivity index (χ1) is 16.9. The summed E-state index contributed by atoms with van der Waals surface area (Å²) in [6.07, 6.45) is -0.283. The second kappa shape index (κ2) is 8.87. The Hall–Kier alpha value is -4.20. The lowest BCUT2D eigenvalue weighted by atomic mass is 9.90. The van der Waals surface area contributed by atoms with Crippen LogP contribution in [0.25, 0.3) is 11.1 Å². The highest BCUT2D eigenvalue weighted by atomic mass is 16.5. The van der Waals surface area contributed by atoms with E-state index in [1.165, 1.54) is 4.90 Å². The SMILES string of the molecule is CC1(C(=O)O)CCN(C(=O)c2cccc(NC(=O)OCC3c4ccccc4-c4ccccc43)n2)C1. The first-order valence-corrected chi connectivity index (χ1v) is 11.5. The fraction of sp³-hybridized carbons (Fsp3) is 0.259. The number of nitrogens with zero attached hydrogens (tertiary/aromatic N) is 2. The Balaban J connectivity index is 1.24. The van der Waals surface area contributed by atoms with Gasteiger partial charge in [0.15, 0.2) is 0 Å². The maximum atomic E-state index is 12.9. The average molecular weight is 472 g/mol. The van der Waals surface area contributed by atoms with Crippen LogP contribution in [0.4, 0.5) is 10.6 Å². The van der Waals surface area contributed by atoms with E-state index in [0.29, 0.717) is 13.0 Å². The van der Waals surface area contributed by atoms with E-state index in [9.17, 15) is 19.5 Å². The van der Waals surface area contributed by atoms with Gasteiger partial charge in [0.25, 0.3) is 5.91 Å². The summed E-state index contributed by atoms with van der Waals surface area (Å²) in [6, 6.07) is 20.9. The molecule has 178 valence electrons. The molecular formula is C27H25N3O5. The molecule has 3 aromatic rings. The number of fused-ring (bicyclic) bond motifs is 3. The van der Waals surface area contributed by atoms with Gasteiger partial charge in [0.2, 0.25) is 0 Å². The van der Waals surface area contributed by atoms with Gasteiger partial charge in [-0.05, 0) is 47.7 Å². The molecule has 1 aromatic heterocycles. The maximum Gasteiger partial charge on any atom is 0.412 e. The third-order valence-electron chi connectivity index (χ3n) is 6.82. The van der Waals surface area contributed by atoms with E-state index in [1.54, 1.807) is 25.1 Å². The van der Waals surface area contributed by atoms with Crippen molar-refractivity contribution in [3.63, 3.8) is 0 Å². The Morgan fingerprint density at radius 3 is 2.31 bits per heavy atom. The number of hydrogen-bond donors (Lipinski definition) is 2. The zero-order valence-corrected chi connectivity index (χ0v) is 19.2. The lowest BCUT2D eigenvalue weighted by Crippen LogP contribution is -2.35. The molecule has 2 N–H and O–H groups in total. The van der Waals surface area contributed by atoms with Gasteiger partial charge in [-0.25, -0.2) is 9.78 Å². The third-order valence-corrected chi connectivity index (χ3v) is 6.82. The Bertz CT molecular complexity index is 1280. The molecule has 1 atom stereocenters. The highest BCUT2D eigenvalue weighted by molar-refractivity contribution is 5.94. The molecule has 0 saturated carbocycles. The highest BCUT2D eigenvalue weighted by Gasteiger charge is 2.42. The van der Waals surface area contributed by atoms with E-state index in [2.05, 4.69) is 22.4 Å². The molecule has 1 saturated heterocycles. The van der Waals surface area contributed by atoms with E-state index in [4.69, 9.17) is 4.74 Å². The standard InChI is InChI=1S/C27H25N3O5/c1-27(25(32)33)13-14-30(16-27)24(31)22-11-6-12-23(28-22)29-26(34)35-15-21-19-9-4-2-7-17(19)18-8-3-5-10-20(18)21/h2-12,21H,13-16H2,1H3,(H,32,33)(H,28,29,34). The Labute approximate surface area is 202 Å². The molecule has 0 radical (unpaired) electrons. The number of carboxylic acid groups (broad SMARTS) is 1. The molecule has 1 unspecified atom stereocenters. The van der Waals surface area contributed by atoms with Crippen LogP contribution in [0.3, 0.4) is 0 Å². The summed E-state index contributed by atoms with van der Waals surface area (Å²) in [7, 11) is 0. The average Bonchev–Trinajstić information content (AvgIpc) is 3.42. The molecule has 1 aliphatic carbocycles. The fourth-order valence-electron chi connectivity index (χ4n) is 4.83. The summed E-state index contributed by atoms with van der Waals surface area (Å²) in [5, 5.41) is 12.0. The molecule has 1 aliphatic heterocycles. The molecular weight excluding hydrogens is 446 g/mol. The number of pyridine rings is 1. The number of carboxylic acids is 1. The van der Waals surface area contributed by atoms with Crippen molar-refractivity contribution in [1.29, 1.82) is 0 Å².